The van der Waals surface area contributed by atoms with E-state index in [-0.39, 0.29) is 0 Å². The predicted molar refractivity (Wildman–Crippen MR) is 137 cm³/mol. The van der Waals surface area contributed by atoms with Crippen LogP contribution >= 0.6 is 15.9 Å². The Bertz CT molecular complexity index is 1470. The molecule has 148 valence electrons. The highest BCUT2D eigenvalue weighted by molar-refractivity contribution is 9.10. The standard InChI is InChI=1S/C29H20BrN/c1-19-5-13-24(14-6-19)31(25-15-11-23(30)12-16-25)27-18-10-22-8-7-20-3-2-4-21-9-17-26(27)29(22)28(20)21/h2-18H,1H3. The van der Waals surface area contributed by atoms with Gasteiger partial charge in [0.15, 0.2) is 0 Å². The van der Waals surface area contributed by atoms with Crippen molar-refractivity contribution in [2.75, 3.05) is 4.90 Å². The first-order chi connectivity index (χ1) is 15.2. The van der Waals surface area contributed by atoms with Crippen LogP contribution in [0.4, 0.5) is 17.1 Å². The van der Waals surface area contributed by atoms with E-state index in [1.165, 1.54) is 43.6 Å². The molecule has 0 saturated heterocycles. The van der Waals surface area contributed by atoms with E-state index in [0.29, 0.717) is 0 Å². The average molecular weight is 462 g/mol. The number of aryl methyl sites for hydroxylation is 1. The minimum Gasteiger partial charge on any atom is -0.310 e. The smallest absolute Gasteiger partial charge is 0.0540 e. The lowest BCUT2D eigenvalue weighted by atomic mass is 9.93. The van der Waals surface area contributed by atoms with Gasteiger partial charge in [-0.15, -0.1) is 0 Å². The summed E-state index contributed by atoms with van der Waals surface area (Å²) in [5.41, 5.74) is 4.75. The molecule has 0 unspecified atom stereocenters. The molecule has 31 heavy (non-hydrogen) atoms. The Morgan fingerprint density at radius 3 is 1.77 bits per heavy atom. The Kier molecular flexibility index (Phi) is 4.22. The molecule has 6 rings (SSSR count). The zero-order valence-corrected chi connectivity index (χ0v) is 18.7. The lowest BCUT2D eigenvalue weighted by Gasteiger charge is -2.28. The van der Waals surface area contributed by atoms with Crippen molar-refractivity contribution in [1.82, 2.24) is 0 Å². The Labute approximate surface area is 190 Å². The SMILES string of the molecule is Cc1ccc(N(c2ccc(Br)cc2)c2ccc3ccc4cccc5ccc2c3c45)cc1. The molecule has 0 spiro atoms. The van der Waals surface area contributed by atoms with Gasteiger partial charge in [0.1, 0.15) is 0 Å². The van der Waals surface area contributed by atoms with Gasteiger partial charge in [-0.1, -0.05) is 82.2 Å². The summed E-state index contributed by atoms with van der Waals surface area (Å²) >= 11 is 3.58. The Hall–Kier alpha value is -3.36. The highest BCUT2D eigenvalue weighted by atomic mass is 79.9. The molecule has 2 heteroatoms. The van der Waals surface area contributed by atoms with Crippen molar-refractivity contribution in [3.63, 3.8) is 0 Å². The fourth-order valence-corrected chi connectivity index (χ4v) is 4.89. The number of halogens is 1. The summed E-state index contributed by atoms with van der Waals surface area (Å²) in [6.45, 7) is 2.13. The summed E-state index contributed by atoms with van der Waals surface area (Å²) in [4.78, 5) is 2.36. The minimum absolute atomic E-state index is 1.08. The number of nitrogens with zero attached hydrogens (tertiary/aromatic N) is 1. The summed E-state index contributed by atoms with van der Waals surface area (Å²) in [7, 11) is 0. The minimum atomic E-state index is 1.08. The zero-order valence-electron chi connectivity index (χ0n) is 17.1. The van der Waals surface area contributed by atoms with Crippen LogP contribution in [-0.4, -0.2) is 0 Å². The first-order valence-corrected chi connectivity index (χ1v) is 11.3. The lowest BCUT2D eigenvalue weighted by molar-refractivity contribution is 1.29. The first kappa shape index (κ1) is 18.4. The van der Waals surface area contributed by atoms with Crippen LogP contribution in [-0.2, 0) is 0 Å². The largest absolute Gasteiger partial charge is 0.310 e. The maximum absolute atomic E-state index is 3.58. The number of benzene rings is 6. The second-order valence-corrected chi connectivity index (χ2v) is 9.00. The highest BCUT2D eigenvalue weighted by Gasteiger charge is 2.18. The van der Waals surface area contributed by atoms with Gasteiger partial charge in [0.05, 0.1) is 5.69 Å². The van der Waals surface area contributed by atoms with E-state index in [2.05, 4.69) is 131 Å². The van der Waals surface area contributed by atoms with Crippen molar-refractivity contribution in [2.45, 2.75) is 6.92 Å². The van der Waals surface area contributed by atoms with Gasteiger partial charge in [-0.25, -0.2) is 0 Å². The quantitative estimate of drug-likeness (QED) is 0.237. The van der Waals surface area contributed by atoms with E-state index in [4.69, 9.17) is 0 Å². The van der Waals surface area contributed by atoms with E-state index in [9.17, 15) is 0 Å². The van der Waals surface area contributed by atoms with E-state index < -0.39 is 0 Å². The second kappa shape index (κ2) is 7.11. The molecular formula is C29H20BrN. The molecule has 0 radical (unpaired) electrons. The summed E-state index contributed by atoms with van der Waals surface area (Å²) in [5, 5.41) is 7.81. The van der Waals surface area contributed by atoms with Gasteiger partial charge in [0, 0.05) is 21.2 Å². The zero-order chi connectivity index (χ0) is 20.9. The molecule has 0 aliphatic carbocycles. The topological polar surface area (TPSA) is 3.24 Å². The van der Waals surface area contributed by atoms with Gasteiger partial charge >= 0.3 is 0 Å². The molecule has 0 N–H and O–H groups in total. The van der Waals surface area contributed by atoms with Crippen molar-refractivity contribution in [3.05, 3.63) is 113 Å². The Morgan fingerprint density at radius 1 is 0.548 bits per heavy atom. The van der Waals surface area contributed by atoms with Crippen LogP contribution in [0.5, 0.6) is 0 Å². The van der Waals surface area contributed by atoms with Crippen LogP contribution in [0.2, 0.25) is 0 Å². The molecule has 0 aromatic heterocycles. The normalized spacial score (nSPS) is 11.5. The number of rotatable bonds is 3. The van der Waals surface area contributed by atoms with Gasteiger partial charge < -0.3 is 4.90 Å². The molecule has 0 aliphatic rings. The first-order valence-electron chi connectivity index (χ1n) is 10.5. The van der Waals surface area contributed by atoms with Crippen LogP contribution in [0, 0.1) is 6.92 Å². The van der Waals surface area contributed by atoms with Crippen molar-refractivity contribution < 1.29 is 0 Å². The van der Waals surface area contributed by atoms with E-state index in [1.54, 1.807) is 0 Å². The van der Waals surface area contributed by atoms with Crippen molar-refractivity contribution in [3.8, 4) is 0 Å². The molecular weight excluding hydrogens is 442 g/mol. The summed E-state index contributed by atoms with van der Waals surface area (Å²) in [6, 6.07) is 37.4. The maximum atomic E-state index is 3.58. The molecule has 1 nitrogen and oxygen atoms in total. The van der Waals surface area contributed by atoms with Gasteiger partial charge in [-0.2, -0.15) is 0 Å². The van der Waals surface area contributed by atoms with Crippen LogP contribution in [0.15, 0.2) is 108 Å². The lowest BCUT2D eigenvalue weighted by Crippen LogP contribution is -2.10. The average Bonchev–Trinajstić information content (AvgIpc) is 2.81. The van der Waals surface area contributed by atoms with E-state index >= 15 is 0 Å². The van der Waals surface area contributed by atoms with Crippen LogP contribution in [0.1, 0.15) is 5.56 Å². The fraction of sp³-hybridized carbons (Fsp3) is 0.0345. The summed E-state index contributed by atoms with van der Waals surface area (Å²) in [6.07, 6.45) is 0. The van der Waals surface area contributed by atoms with E-state index in [1.807, 2.05) is 0 Å². The molecule has 0 saturated carbocycles. The summed E-state index contributed by atoms with van der Waals surface area (Å²) in [5.74, 6) is 0. The number of anilines is 3. The van der Waals surface area contributed by atoms with Gasteiger partial charge in [0.2, 0.25) is 0 Å². The van der Waals surface area contributed by atoms with Crippen molar-refractivity contribution in [1.29, 1.82) is 0 Å². The summed E-state index contributed by atoms with van der Waals surface area (Å²) < 4.78 is 1.08. The Morgan fingerprint density at radius 2 is 1.10 bits per heavy atom. The van der Waals surface area contributed by atoms with Gasteiger partial charge in [-0.05, 0) is 76.3 Å². The van der Waals surface area contributed by atoms with E-state index in [0.717, 1.165) is 15.8 Å². The third kappa shape index (κ3) is 2.98. The number of hydrogen-bond donors (Lipinski definition) is 0. The highest BCUT2D eigenvalue weighted by Crippen LogP contribution is 2.43. The molecule has 0 aliphatic heterocycles. The fourth-order valence-electron chi connectivity index (χ4n) is 4.63. The van der Waals surface area contributed by atoms with Crippen LogP contribution in [0.25, 0.3) is 32.3 Å². The third-order valence-corrected chi connectivity index (χ3v) is 6.65. The molecule has 0 fully saturated rings. The number of hydrogen-bond acceptors (Lipinski definition) is 1. The monoisotopic (exact) mass is 461 g/mol. The van der Waals surface area contributed by atoms with Crippen molar-refractivity contribution in [2.24, 2.45) is 0 Å². The predicted octanol–water partition coefficient (Wildman–Crippen LogP) is 9.12. The third-order valence-electron chi connectivity index (χ3n) is 6.12. The molecule has 0 atom stereocenters. The maximum Gasteiger partial charge on any atom is 0.0540 e. The molecule has 6 aromatic carbocycles. The second-order valence-electron chi connectivity index (χ2n) is 8.09. The van der Waals surface area contributed by atoms with Crippen molar-refractivity contribution >= 4 is 65.3 Å². The van der Waals surface area contributed by atoms with Crippen LogP contribution < -0.4 is 4.90 Å². The Balaban J connectivity index is 1.69. The van der Waals surface area contributed by atoms with Gasteiger partial charge in [0.25, 0.3) is 0 Å². The van der Waals surface area contributed by atoms with Crippen LogP contribution in [0.3, 0.4) is 0 Å². The molecule has 6 aromatic rings. The molecule has 0 amide bonds. The molecule has 0 heterocycles. The van der Waals surface area contributed by atoms with Gasteiger partial charge in [-0.3, -0.25) is 0 Å². The molecule has 0 bridgehead atoms.